The highest BCUT2D eigenvalue weighted by molar-refractivity contribution is 5.20. The van der Waals surface area contributed by atoms with Crippen molar-refractivity contribution in [1.29, 1.82) is 0 Å². The highest BCUT2D eigenvalue weighted by atomic mass is 19.1. The zero-order valence-electron chi connectivity index (χ0n) is 11.4. The first-order chi connectivity index (χ1) is 8.88. The molecule has 0 aliphatic heterocycles. The van der Waals surface area contributed by atoms with E-state index in [9.17, 15) is 4.39 Å². The van der Waals surface area contributed by atoms with Crippen LogP contribution in [0.5, 0.6) is 0 Å². The SMILES string of the molecule is CC(C)(C)[C@@H](N)c1nc(Cc2ccccc2F)no1. The van der Waals surface area contributed by atoms with Crippen LogP contribution in [0.2, 0.25) is 0 Å². The van der Waals surface area contributed by atoms with Gasteiger partial charge in [-0.2, -0.15) is 4.98 Å². The van der Waals surface area contributed by atoms with Crippen molar-refractivity contribution < 1.29 is 8.91 Å². The largest absolute Gasteiger partial charge is 0.338 e. The van der Waals surface area contributed by atoms with Crippen LogP contribution < -0.4 is 5.73 Å². The topological polar surface area (TPSA) is 64.9 Å². The number of halogens is 1. The summed E-state index contributed by atoms with van der Waals surface area (Å²) in [7, 11) is 0. The lowest BCUT2D eigenvalue weighted by molar-refractivity contribution is 0.252. The van der Waals surface area contributed by atoms with Crippen LogP contribution in [0, 0.1) is 11.2 Å². The van der Waals surface area contributed by atoms with Gasteiger partial charge in [0.1, 0.15) is 5.82 Å². The normalized spacial score (nSPS) is 13.5. The molecule has 0 radical (unpaired) electrons. The van der Waals surface area contributed by atoms with Crippen molar-refractivity contribution in [3.63, 3.8) is 0 Å². The van der Waals surface area contributed by atoms with Crippen LogP contribution in [0.4, 0.5) is 4.39 Å². The van der Waals surface area contributed by atoms with Crippen LogP contribution in [0.3, 0.4) is 0 Å². The Morgan fingerprint density at radius 2 is 2.00 bits per heavy atom. The fraction of sp³-hybridized carbons (Fsp3) is 0.429. The molecule has 1 atom stereocenters. The van der Waals surface area contributed by atoms with Crippen molar-refractivity contribution in [2.24, 2.45) is 11.1 Å². The van der Waals surface area contributed by atoms with Crippen molar-refractivity contribution in [2.45, 2.75) is 33.2 Å². The summed E-state index contributed by atoms with van der Waals surface area (Å²) in [5, 5.41) is 3.85. The van der Waals surface area contributed by atoms with Crippen LogP contribution in [0.25, 0.3) is 0 Å². The van der Waals surface area contributed by atoms with E-state index in [2.05, 4.69) is 10.1 Å². The third-order valence-electron chi connectivity index (χ3n) is 2.99. The van der Waals surface area contributed by atoms with E-state index >= 15 is 0 Å². The van der Waals surface area contributed by atoms with Gasteiger partial charge in [-0.25, -0.2) is 4.39 Å². The quantitative estimate of drug-likeness (QED) is 0.924. The molecule has 0 aliphatic carbocycles. The fourth-order valence-electron chi connectivity index (χ4n) is 1.65. The lowest BCUT2D eigenvalue weighted by Gasteiger charge is -2.23. The van der Waals surface area contributed by atoms with Crippen LogP contribution in [0.15, 0.2) is 28.8 Å². The molecule has 4 nitrogen and oxygen atoms in total. The zero-order valence-corrected chi connectivity index (χ0v) is 11.4. The van der Waals surface area contributed by atoms with Gasteiger partial charge in [0.25, 0.3) is 0 Å². The molecule has 5 heteroatoms. The van der Waals surface area contributed by atoms with E-state index < -0.39 is 0 Å². The van der Waals surface area contributed by atoms with Gasteiger partial charge < -0.3 is 10.3 Å². The third-order valence-corrected chi connectivity index (χ3v) is 2.99. The van der Waals surface area contributed by atoms with Gasteiger partial charge in [-0.05, 0) is 17.0 Å². The molecule has 102 valence electrons. The second-order valence-electron chi connectivity index (χ2n) is 5.66. The van der Waals surface area contributed by atoms with Crippen LogP contribution in [-0.2, 0) is 6.42 Å². The van der Waals surface area contributed by atoms with Crippen molar-refractivity contribution >= 4 is 0 Å². The molecule has 0 aliphatic rings. The van der Waals surface area contributed by atoms with Gasteiger partial charge in [0.05, 0.1) is 6.04 Å². The number of hydrogen-bond donors (Lipinski definition) is 1. The van der Waals surface area contributed by atoms with Gasteiger partial charge in [-0.15, -0.1) is 0 Å². The summed E-state index contributed by atoms with van der Waals surface area (Å²) in [4.78, 5) is 4.24. The first-order valence-corrected chi connectivity index (χ1v) is 6.19. The number of nitrogens with two attached hydrogens (primary N) is 1. The van der Waals surface area contributed by atoms with Gasteiger partial charge in [-0.1, -0.05) is 44.1 Å². The summed E-state index contributed by atoms with van der Waals surface area (Å²) < 4.78 is 18.7. The number of hydrogen-bond acceptors (Lipinski definition) is 4. The molecule has 0 unspecified atom stereocenters. The molecular formula is C14H18FN3O. The highest BCUT2D eigenvalue weighted by Crippen LogP contribution is 2.29. The maximum Gasteiger partial charge on any atom is 0.244 e. The van der Waals surface area contributed by atoms with Gasteiger partial charge >= 0.3 is 0 Å². The molecule has 0 spiro atoms. The summed E-state index contributed by atoms with van der Waals surface area (Å²) >= 11 is 0. The second kappa shape index (κ2) is 5.09. The van der Waals surface area contributed by atoms with E-state index in [1.54, 1.807) is 18.2 Å². The van der Waals surface area contributed by atoms with Crippen molar-refractivity contribution in [2.75, 3.05) is 0 Å². The van der Waals surface area contributed by atoms with Gasteiger partial charge in [0.15, 0.2) is 5.82 Å². The summed E-state index contributed by atoms with van der Waals surface area (Å²) in [6.07, 6.45) is 0.299. The van der Waals surface area contributed by atoms with E-state index in [4.69, 9.17) is 10.3 Å². The first kappa shape index (κ1) is 13.7. The molecule has 2 N–H and O–H groups in total. The van der Waals surface area contributed by atoms with Crippen molar-refractivity contribution in [3.05, 3.63) is 47.4 Å². The second-order valence-corrected chi connectivity index (χ2v) is 5.66. The highest BCUT2D eigenvalue weighted by Gasteiger charge is 2.27. The predicted molar refractivity (Wildman–Crippen MR) is 69.9 cm³/mol. The summed E-state index contributed by atoms with van der Waals surface area (Å²) in [6.45, 7) is 6.00. The number of aromatic nitrogens is 2. The Kier molecular flexibility index (Phi) is 3.66. The Balaban J connectivity index is 2.16. The molecule has 0 saturated carbocycles. The molecule has 2 aromatic rings. The molecule has 1 heterocycles. The van der Waals surface area contributed by atoms with Gasteiger partial charge in [0.2, 0.25) is 5.89 Å². The minimum absolute atomic E-state index is 0.165. The fourth-order valence-corrected chi connectivity index (χ4v) is 1.65. The third kappa shape index (κ3) is 3.17. The predicted octanol–water partition coefficient (Wildman–Crippen LogP) is 2.85. The molecule has 2 rings (SSSR count). The monoisotopic (exact) mass is 263 g/mol. The summed E-state index contributed by atoms with van der Waals surface area (Å²) in [5.74, 6) is 0.563. The zero-order chi connectivity index (χ0) is 14.0. The van der Waals surface area contributed by atoms with E-state index in [1.165, 1.54) is 6.07 Å². The molecule has 0 saturated heterocycles. The van der Waals surface area contributed by atoms with Crippen molar-refractivity contribution in [3.8, 4) is 0 Å². The van der Waals surface area contributed by atoms with Gasteiger partial charge in [0, 0.05) is 6.42 Å². The lowest BCUT2D eigenvalue weighted by Crippen LogP contribution is -2.26. The van der Waals surface area contributed by atoms with E-state index in [0.717, 1.165) is 0 Å². The van der Waals surface area contributed by atoms with E-state index in [1.807, 2.05) is 20.8 Å². The first-order valence-electron chi connectivity index (χ1n) is 6.19. The van der Waals surface area contributed by atoms with Crippen molar-refractivity contribution in [1.82, 2.24) is 10.1 Å². The Hall–Kier alpha value is -1.75. The van der Waals surface area contributed by atoms with E-state index in [0.29, 0.717) is 23.7 Å². The maximum absolute atomic E-state index is 13.5. The molecule has 0 amide bonds. The van der Waals surface area contributed by atoms with Crippen LogP contribution in [0.1, 0.15) is 44.1 Å². The standard InChI is InChI=1S/C14H18FN3O/c1-14(2,3)12(16)13-17-11(18-19-13)8-9-6-4-5-7-10(9)15/h4-7,12H,8,16H2,1-3H3/t12-/m0/s1. The van der Waals surface area contributed by atoms with Crippen LogP contribution in [-0.4, -0.2) is 10.1 Å². The molecular weight excluding hydrogens is 245 g/mol. The summed E-state index contributed by atoms with van der Waals surface area (Å²) in [6, 6.07) is 6.21. The molecule has 0 fully saturated rings. The van der Waals surface area contributed by atoms with Crippen LogP contribution >= 0.6 is 0 Å². The average Bonchev–Trinajstić information content (AvgIpc) is 2.78. The Bertz CT molecular complexity index is 560. The molecule has 1 aromatic heterocycles. The Morgan fingerprint density at radius 1 is 1.32 bits per heavy atom. The minimum Gasteiger partial charge on any atom is -0.338 e. The van der Waals surface area contributed by atoms with E-state index in [-0.39, 0.29) is 17.3 Å². The smallest absolute Gasteiger partial charge is 0.244 e. The number of benzene rings is 1. The average molecular weight is 263 g/mol. The maximum atomic E-state index is 13.5. The lowest BCUT2D eigenvalue weighted by atomic mass is 9.87. The Labute approximate surface area is 111 Å². The number of rotatable bonds is 3. The van der Waals surface area contributed by atoms with Gasteiger partial charge in [-0.3, -0.25) is 0 Å². The molecule has 0 bridgehead atoms. The minimum atomic E-state index is -0.339. The number of nitrogens with zero attached hydrogens (tertiary/aromatic N) is 2. The molecule has 19 heavy (non-hydrogen) atoms. The summed E-state index contributed by atoms with van der Waals surface area (Å²) in [5.41, 5.74) is 6.41. The Morgan fingerprint density at radius 3 is 2.63 bits per heavy atom. The molecule has 1 aromatic carbocycles.